The summed E-state index contributed by atoms with van der Waals surface area (Å²) in [5, 5.41) is 11.0. The highest BCUT2D eigenvalue weighted by molar-refractivity contribution is 6.37. The smallest absolute Gasteiger partial charge is 0.315 e. The number of ketones is 1. The Labute approximate surface area is 274 Å². The molecule has 0 radical (unpaired) electrons. The lowest BCUT2D eigenvalue weighted by Crippen LogP contribution is -2.61. The lowest BCUT2D eigenvalue weighted by Gasteiger charge is -2.38. The number of nitrogens with one attached hydrogen (secondary N) is 4. The Morgan fingerprint density at radius 1 is 0.957 bits per heavy atom. The molecule has 0 unspecified atom stereocenters. The summed E-state index contributed by atoms with van der Waals surface area (Å²) >= 11 is 0. The molecule has 3 aliphatic rings. The van der Waals surface area contributed by atoms with Gasteiger partial charge >= 0.3 is 6.03 Å². The molecule has 4 N–H and O–H groups in total. The number of hydrogen-bond acceptors (Lipinski definition) is 6. The maximum atomic E-state index is 14.2. The molecule has 0 aromatic heterocycles. The van der Waals surface area contributed by atoms with Crippen molar-refractivity contribution in [3.05, 3.63) is 12.7 Å². The molecule has 12 heteroatoms. The van der Waals surface area contributed by atoms with Crippen LogP contribution < -0.4 is 21.3 Å². The summed E-state index contributed by atoms with van der Waals surface area (Å²) < 4.78 is 0. The van der Waals surface area contributed by atoms with E-state index in [1.54, 1.807) is 0 Å². The van der Waals surface area contributed by atoms with Crippen LogP contribution in [0.15, 0.2) is 12.7 Å². The molecule has 3 rings (SSSR count). The Hall–Kier alpha value is -3.44. The van der Waals surface area contributed by atoms with Gasteiger partial charge in [0.1, 0.15) is 12.1 Å². The van der Waals surface area contributed by atoms with Crippen molar-refractivity contribution in [2.45, 2.75) is 111 Å². The molecule has 1 saturated carbocycles. The van der Waals surface area contributed by atoms with E-state index in [1.807, 2.05) is 39.5 Å². The molecule has 46 heavy (non-hydrogen) atoms. The Balaban J connectivity index is 1.74. The SMILES string of the molecule is C=CCNC(=O)C(=O)CNC(=O)[C@@H]1C[C@@H](C(C)C)CN1C(=O)[C@@H](NC(=O)N[C@H](CN1CCCCC1=O)C1CCCCC1)C(C)(C)C. The minimum Gasteiger partial charge on any atom is -0.347 e. The van der Waals surface area contributed by atoms with Crippen molar-refractivity contribution < 1.29 is 28.8 Å². The summed E-state index contributed by atoms with van der Waals surface area (Å²) in [4.78, 5) is 81.5. The number of piperidine rings is 1. The Bertz CT molecular complexity index is 1130. The number of carbonyl (C=O) groups is 6. The van der Waals surface area contributed by atoms with Gasteiger partial charge in [0.25, 0.3) is 5.91 Å². The average molecular weight is 645 g/mol. The molecule has 0 aromatic carbocycles. The van der Waals surface area contributed by atoms with E-state index in [0.29, 0.717) is 32.5 Å². The van der Waals surface area contributed by atoms with Gasteiger partial charge in [-0.15, -0.1) is 6.58 Å². The van der Waals surface area contributed by atoms with Crippen LogP contribution in [0.5, 0.6) is 0 Å². The largest absolute Gasteiger partial charge is 0.347 e. The van der Waals surface area contributed by atoms with Crippen molar-refractivity contribution in [1.29, 1.82) is 0 Å². The van der Waals surface area contributed by atoms with Crippen LogP contribution in [0.2, 0.25) is 0 Å². The van der Waals surface area contributed by atoms with Gasteiger partial charge in [0.15, 0.2) is 0 Å². The maximum Gasteiger partial charge on any atom is 0.315 e. The highest BCUT2D eigenvalue weighted by atomic mass is 16.2. The molecule has 2 saturated heterocycles. The molecule has 2 aliphatic heterocycles. The normalized spacial score (nSPS) is 22.2. The predicted octanol–water partition coefficient (Wildman–Crippen LogP) is 2.52. The topological polar surface area (TPSA) is 157 Å². The Kier molecular flexibility index (Phi) is 13.6. The van der Waals surface area contributed by atoms with E-state index in [1.165, 1.54) is 11.0 Å². The van der Waals surface area contributed by atoms with Crippen molar-refractivity contribution in [2.24, 2.45) is 23.2 Å². The molecule has 0 bridgehead atoms. The molecule has 6 amide bonds. The first kappa shape index (κ1) is 37.0. The van der Waals surface area contributed by atoms with E-state index < -0.39 is 47.7 Å². The van der Waals surface area contributed by atoms with Gasteiger partial charge in [-0.25, -0.2) is 4.79 Å². The zero-order valence-electron chi connectivity index (χ0n) is 28.5. The summed E-state index contributed by atoms with van der Waals surface area (Å²) in [6.45, 7) is 14.3. The summed E-state index contributed by atoms with van der Waals surface area (Å²) in [6, 6.07) is -2.48. The van der Waals surface area contributed by atoms with E-state index in [0.717, 1.165) is 44.9 Å². The maximum absolute atomic E-state index is 14.2. The zero-order chi connectivity index (χ0) is 34.0. The molecule has 0 spiro atoms. The summed E-state index contributed by atoms with van der Waals surface area (Å²) in [6.07, 6.45) is 9.52. The standard InChI is InChI=1S/C34H56N6O6/c1-7-16-35-31(44)27(41)19-36-30(43)26-18-24(22(2)3)20-40(26)32(45)29(34(4,5)6)38-33(46)37-25(23-13-9-8-10-14-23)21-39-17-12-11-15-28(39)42/h7,22-26,29H,1,8-21H2,2-6H3,(H,35,44)(H,36,43)(H2,37,38,46)/t24-,25-,26+,29-/m1/s1. The number of hydrogen-bond donors (Lipinski definition) is 4. The molecule has 2 heterocycles. The lowest BCUT2D eigenvalue weighted by atomic mass is 9.83. The average Bonchev–Trinajstić information content (AvgIpc) is 3.48. The van der Waals surface area contributed by atoms with Crippen LogP contribution in [0.4, 0.5) is 4.79 Å². The van der Waals surface area contributed by atoms with Crippen molar-refractivity contribution in [2.75, 3.05) is 32.7 Å². The van der Waals surface area contributed by atoms with Crippen LogP contribution in [0.3, 0.4) is 0 Å². The van der Waals surface area contributed by atoms with Crippen LogP contribution in [0.25, 0.3) is 0 Å². The van der Waals surface area contributed by atoms with Crippen LogP contribution >= 0.6 is 0 Å². The second-order valence-electron chi connectivity index (χ2n) is 14.6. The second-order valence-corrected chi connectivity index (χ2v) is 14.6. The van der Waals surface area contributed by atoms with E-state index in [-0.39, 0.29) is 42.2 Å². The summed E-state index contributed by atoms with van der Waals surface area (Å²) in [7, 11) is 0. The van der Waals surface area contributed by atoms with Gasteiger partial charge in [-0.05, 0) is 55.3 Å². The molecule has 0 aromatic rings. The third-order valence-corrected chi connectivity index (χ3v) is 9.71. The molecule has 4 atom stereocenters. The van der Waals surface area contributed by atoms with Crippen molar-refractivity contribution in [1.82, 2.24) is 31.1 Å². The van der Waals surface area contributed by atoms with Crippen LogP contribution in [0.1, 0.15) is 92.4 Å². The van der Waals surface area contributed by atoms with Gasteiger partial charge in [-0.2, -0.15) is 0 Å². The third kappa shape index (κ3) is 10.3. The first-order valence-corrected chi connectivity index (χ1v) is 17.1. The number of carbonyl (C=O) groups excluding carboxylic acids is 6. The highest BCUT2D eigenvalue weighted by Gasteiger charge is 2.45. The third-order valence-electron chi connectivity index (χ3n) is 9.71. The quantitative estimate of drug-likeness (QED) is 0.178. The molecule has 258 valence electrons. The van der Waals surface area contributed by atoms with Gasteiger partial charge < -0.3 is 31.1 Å². The van der Waals surface area contributed by atoms with Gasteiger partial charge in [-0.1, -0.05) is 60.0 Å². The van der Waals surface area contributed by atoms with Gasteiger partial charge in [0.05, 0.1) is 12.6 Å². The second kappa shape index (κ2) is 16.9. The number of urea groups is 1. The van der Waals surface area contributed by atoms with Crippen LogP contribution in [-0.4, -0.2) is 96.1 Å². The summed E-state index contributed by atoms with van der Waals surface area (Å²) in [5.41, 5.74) is -0.687. The fourth-order valence-corrected chi connectivity index (χ4v) is 6.77. The predicted molar refractivity (Wildman–Crippen MR) is 175 cm³/mol. The monoisotopic (exact) mass is 644 g/mol. The lowest BCUT2D eigenvalue weighted by molar-refractivity contribution is -0.142. The van der Waals surface area contributed by atoms with E-state index in [9.17, 15) is 28.8 Å². The molecule has 3 fully saturated rings. The number of Topliss-reactive ketones (excluding diaryl/α,β-unsaturated/α-hetero) is 1. The fraction of sp³-hybridized carbons (Fsp3) is 0.765. The van der Waals surface area contributed by atoms with Crippen LogP contribution in [0, 0.1) is 23.2 Å². The highest BCUT2D eigenvalue weighted by Crippen LogP contribution is 2.32. The molecular weight excluding hydrogens is 588 g/mol. The zero-order valence-corrected chi connectivity index (χ0v) is 28.5. The van der Waals surface area contributed by atoms with E-state index in [4.69, 9.17) is 0 Å². The fourth-order valence-electron chi connectivity index (χ4n) is 6.77. The number of rotatable bonds is 13. The van der Waals surface area contributed by atoms with Gasteiger partial charge in [0.2, 0.25) is 23.5 Å². The van der Waals surface area contributed by atoms with Gasteiger partial charge in [0, 0.05) is 32.6 Å². The number of likely N-dealkylation sites (tertiary alicyclic amines) is 2. The van der Waals surface area contributed by atoms with Crippen molar-refractivity contribution in [3.63, 3.8) is 0 Å². The summed E-state index contributed by atoms with van der Waals surface area (Å²) in [5.74, 6) is -1.90. The Morgan fingerprint density at radius 3 is 2.26 bits per heavy atom. The molecular formula is C34H56N6O6. The van der Waals surface area contributed by atoms with E-state index in [2.05, 4.69) is 27.8 Å². The van der Waals surface area contributed by atoms with Crippen LogP contribution in [-0.2, 0) is 24.0 Å². The number of amides is 6. The molecule has 1 aliphatic carbocycles. The first-order chi connectivity index (χ1) is 21.7. The Morgan fingerprint density at radius 2 is 1.65 bits per heavy atom. The minimum absolute atomic E-state index is 0.0403. The first-order valence-electron chi connectivity index (χ1n) is 17.1. The van der Waals surface area contributed by atoms with Crippen molar-refractivity contribution in [3.8, 4) is 0 Å². The van der Waals surface area contributed by atoms with Crippen molar-refractivity contribution >= 4 is 35.4 Å². The molecule has 12 nitrogen and oxygen atoms in total. The van der Waals surface area contributed by atoms with E-state index >= 15 is 0 Å². The minimum atomic E-state index is -0.941. The number of nitrogens with zero attached hydrogens (tertiary/aromatic N) is 2. The van der Waals surface area contributed by atoms with Gasteiger partial charge in [-0.3, -0.25) is 24.0 Å².